The minimum Gasteiger partial charge on any atom is -0.493 e. The van der Waals surface area contributed by atoms with Gasteiger partial charge >= 0.3 is 0 Å². The molecule has 2 unspecified atom stereocenters. The molecule has 35 heavy (non-hydrogen) atoms. The first-order valence-corrected chi connectivity index (χ1v) is 12.2. The zero-order valence-electron chi connectivity index (χ0n) is 20.7. The van der Waals surface area contributed by atoms with Crippen molar-refractivity contribution < 1.29 is 23.9 Å². The van der Waals surface area contributed by atoms with E-state index in [0.717, 1.165) is 5.56 Å². The van der Waals surface area contributed by atoms with Gasteiger partial charge in [-0.2, -0.15) is 0 Å². The maximum Gasteiger partial charge on any atom is 0.251 e. The summed E-state index contributed by atoms with van der Waals surface area (Å²) >= 11 is 0. The molecule has 2 rings (SSSR count). The number of benzene rings is 2. The molecule has 9 nitrogen and oxygen atoms in total. The van der Waals surface area contributed by atoms with Crippen LogP contribution in [0.1, 0.15) is 40.9 Å². The monoisotopic (exact) mass is 500 g/mol. The van der Waals surface area contributed by atoms with Gasteiger partial charge in [0.15, 0.2) is 11.5 Å². The Hall–Kier alpha value is -3.45. The molecule has 0 spiro atoms. The van der Waals surface area contributed by atoms with E-state index < -0.39 is 0 Å². The summed E-state index contributed by atoms with van der Waals surface area (Å²) in [4.78, 5) is 35.1. The molecule has 2 aromatic carbocycles. The maximum absolute atomic E-state index is 12.3. The van der Waals surface area contributed by atoms with Crippen LogP contribution >= 0.6 is 8.58 Å². The maximum atomic E-state index is 12.3. The van der Waals surface area contributed by atoms with E-state index in [1.807, 2.05) is 13.0 Å². The lowest BCUT2D eigenvalue weighted by atomic mass is 9.94. The predicted molar refractivity (Wildman–Crippen MR) is 139 cm³/mol. The number of carbonyl (C=O) groups is 3. The Labute approximate surface area is 207 Å². The first kappa shape index (κ1) is 27.8. The molecule has 0 saturated heterocycles. The summed E-state index contributed by atoms with van der Waals surface area (Å²) in [7, 11) is 4.81. The summed E-state index contributed by atoms with van der Waals surface area (Å²) in [6.45, 7) is 4.09. The average molecular weight is 501 g/mol. The van der Waals surface area contributed by atoms with Gasteiger partial charge in [-0.1, -0.05) is 19.1 Å². The van der Waals surface area contributed by atoms with Gasteiger partial charge in [0, 0.05) is 43.8 Å². The summed E-state index contributed by atoms with van der Waals surface area (Å²) < 4.78 is 10.9. The second-order valence-electron chi connectivity index (χ2n) is 7.88. The van der Waals surface area contributed by atoms with Crippen LogP contribution in [0.25, 0.3) is 0 Å². The first-order valence-electron chi connectivity index (χ1n) is 11.1. The van der Waals surface area contributed by atoms with Gasteiger partial charge in [0.05, 0.1) is 19.9 Å². The third-order valence-corrected chi connectivity index (χ3v) is 6.44. The van der Waals surface area contributed by atoms with Crippen LogP contribution in [0.4, 0.5) is 4.79 Å². The zero-order valence-corrected chi connectivity index (χ0v) is 21.7. The van der Waals surface area contributed by atoms with Gasteiger partial charge in [-0.05, 0) is 50.5 Å². The summed E-state index contributed by atoms with van der Waals surface area (Å²) in [5.74, 6) is 0.651. The smallest absolute Gasteiger partial charge is 0.251 e. The molecule has 0 radical (unpaired) electrons. The molecule has 0 heterocycles. The molecule has 0 bridgehead atoms. The average Bonchev–Trinajstić information content (AvgIpc) is 2.85. The van der Waals surface area contributed by atoms with Crippen LogP contribution in [0, 0.1) is 5.41 Å². The highest BCUT2D eigenvalue weighted by molar-refractivity contribution is 7.58. The quantitative estimate of drug-likeness (QED) is 0.202. The molecule has 2 atom stereocenters. The van der Waals surface area contributed by atoms with Crippen molar-refractivity contribution in [1.29, 1.82) is 5.41 Å². The predicted octanol–water partition coefficient (Wildman–Crippen LogP) is 2.93. The van der Waals surface area contributed by atoms with Crippen LogP contribution < -0.4 is 25.4 Å². The van der Waals surface area contributed by atoms with E-state index in [1.54, 1.807) is 51.6 Å². The first-order chi connectivity index (χ1) is 16.7. The number of hydrogen-bond donors (Lipinski definition) is 4. The van der Waals surface area contributed by atoms with Crippen LogP contribution in [0.3, 0.4) is 0 Å². The zero-order chi connectivity index (χ0) is 26.0. The van der Waals surface area contributed by atoms with Crippen LogP contribution in [-0.4, -0.2) is 63.2 Å². The Balaban J connectivity index is 2.26. The molecule has 4 N–H and O–H groups in total. The Bertz CT molecular complexity index is 1070. The molecule has 188 valence electrons. The van der Waals surface area contributed by atoms with Crippen molar-refractivity contribution in [2.24, 2.45) is 0 Å². The number of amides is 3. The van der Waals surface area contributed by atoms with E-state index in [9.17, 15) is 14.4 Å². The molecule has 0 aliphatic rings. The Morgan fingerprint density at radius 1 is 0.971 bits per heavy atom. The fraction of sp³-hybridized carbons (Fsp3) is 0.360. The topological polar surface area (TPSA) is 130 Å². The van der Waals surface area contributed by atoms with E-state index in [0.29, 0.717) is 47.7 Å². The number of rotatable bonds is 12. The highest BCUT2D eigenvalue weighted by Gasteiger charge is 2.19. The van der Waals surface area contributed by atoms with Gasteiger partial charge in [0.25, 0.3) is 5.91 Å². The minimum absolute atomic E-state index is 0.0134. The highest BCUT2D eigenvalue weighted by atomic mass is 31.1. The van der Waals surface area contributed by atoms with Crippen LogP contribution in [0.5, 0.6) is 11.5 Å². The Morgan fingerprint density at radius 2 is 1.54 bits per heavy atom. The summed E-state index contributed by atoms with van der Waals surface area (Å²) in [6, 6.07) is 10.4. The standard InChI is InChI=1S/C25H33N4O5P/c1-15(35-25(32)27-3)12-19-13-21(33-4)22(34-5)14-20(19)23(26)17-6-8-18(9-7-17)24(31)29-11-10-28-16(2)30/h6-9,13-15,26,35H,10-12H2,1-5H3,(H,27,32)(H,28,30)(H,29,31). The van der Waals surface area contributed by atoms with Crippen molar-refractivity contribution in [3.8, 4) is 11.5 Å². The second-order valence-corrected chi connectivity index (χ2v) is 9.61. The lowest BCUT2D eigenvalue weighted by molar-refractivity contribution is -0.118. The number of hydrogen-bond acceptors (Lipinski definition) is 6. The van der Waals surface area contributed by atoms with E-state index in [-0.39, 0.29) is 37.4 Å². The van der Waals surface area contributed by atoms with Gasteiger partial charge in [-0.15, -0.1) is 0 Å². The van der Waals surface area contributed by atoms with Gasteiger partial charge in [-0.3, -0.25) is 19.8 Å². The highest BCUT2D eigenvalue weighted by Crippen LogP contribution is 2.34. The molecule has 0 aliphatic heterocycles. The van der Waals surface area contributed by atoms with Gasteiger partial charge in [0.1, 0.15) is 0 Å². The molecular weight excluding hydrogens is 467 g/mol. The fourth-order valence-corrected chi connectivity index (χ4v) is 4.37. The normalized spacial score (nSPS) is 11.6. The SMILES string of the molecule is CNC(=O)PC(C)Cc1cc(OC)c(OC)cc1C(=N)c1ccc(C(=O)NCCNC(C)=O)cc1. The van der Waals surface area contributed by atoms with E-state index in [4.69, 9.17) is 14.9 Å². The summed E-state index contributed by atoms with van der Waals surface area (Å²) in [5.41, 5.74) is 2.96. The van der Waals surface area contributed by atoms with E-state index in [2.05, 4.69) is 16.0 Å². The van der Waals surface area contributed by atoms with Crippen molar-refractivity contribution >= 4 is 31.8 Å². The van der Waals surface area contributed by atoms with Crippen LogP contribution in [-0.2, 0) is 11.2 Å². The molecule has 10 heteroatoms. The van der Waals surface area contributed by atoms with Crippen LogP contribution in [0.15, 0.2) is 36.4 Å². The van der Waals surface area contributed by atoms with Crippen molar-refractivity contribution in [3.63, 3.8) is 0 Å². The molecule has 3 amide bonds. The second kappa shape index (κ2) is 13.4. The summed E-state index contributed by atoms with van der Waals surface area (Å²) in [6.07, 6.45) is 0.582. The molecule has 2 aromatic rings. The van der Waals surface area contributed by atoms with E-state index >= 15 is 0 Å². The fourth-order valence-electron chi connectivity index (χ4n) is 3.46. The largest absolute Gasteiger partial charge is 0.493 e. The van der Waals surface area contributed by atoms with Crippen molar-refractivity contribution in [2.45, 2.75) is 25.9 Å². The lowest BCUT2D eigenvalue weighted by Crippen LogP contribution is -2.33. The minimum atomic E-state index is -0.260. The van der Waals surface area contributed by atoms with Crippen LogP contribution in [0.2, 0.25) is 0 Å². The lowest BCUT2D eigenvalue weighted by Gasteiger charge is -2.18. The van der Waals surface area contributed by atoms with Gasteiger partial charge < -0.3 is 25.4 Å². The molecule has 0 aliphatic carbocycles. The van der Waals surface area contributed by atoms with Gasteiger partial charge in [0.2, 0.25) is 11.6 Å². The molecule has 0 aromatic heterocycles. The van der Waals surface area contributed by atoms with Crippen molar-refractivity contribution in [2.75, 3.05) is 34.4 Å². The summed E-state index contributed by atoms with van der Waals surface area (Å²) in [5, 5.41) is 16.9. The van der Waals surface area contributed by atoms with E-state index in [1.165, 1.54) is 6.92 Å². The van der Waals surface area contributed by atoms with Gasteiger partial charge in [-0.25, -0.2) is 0 Å². The van der Waals surface area contributed by atoms with Crippen molar-refractivity contribution in [1.82, 2.24) is 16.0 Å². The third kappa shape index (κ3) is 8.07. The molecule has 0 fully saturated rings. The number of ether oxygens (including phenoxy) is 2. The molecular formula is C25H33N4O5P. The van der Waals surface area contributed by atoms with Crippen molar-refractivity contribution in [3.05, 3.63) is 58.7 Å². The number of methoxy groups -OCH3 is 2. The number of nitrogens with one attached hydrogen (secondary N) is 4. The number of carbonyl (C=O) groups excluding carboxylic acids is 3. The Morgan fingerprint density at radius 3 is 2.11 bits per heavy atom. The molecule has 0 saturated carbocycles. The third-order valence-electron chi connectivity index (χ3n) is 5.23. The Kier molecular flexibility index (Phi) is 10.7.